The average molecular weight is 251 g/mol. The lowest BCUT2D eigenvalue weighted by Gasteiger charge is -2.05. The number of nitrogens with zero attached hydrogens (tertiary/aromatic N) is 1. The lowest BCUT2D eigenvalue weighted by atomic mass is 10.1. The highest BCUT2D eigenvalue weighted by Crippen LogP contribution is 2.31. The maximum atomic E-state index is 11.0. The lowest BCUT2D eigenvalue weighted by molar-refractivity contribution is 0.483. The largest absolute Gasteiger partial charge is 0.398 e. The van der Waals surface area contributed by atoms with Crippen molar-refractivity contribution in [1.82, 2.24) is 0 Å². The molecule has 0 fully saturated rings. The number of hydrogen-bond donors (Lipinski definition) is 3. The van der Waals surface area contributed by atoms with E-state index in [0.29, 0.717) is 22.1 Å². The van der Waals surface area contributed by atoms with E-state index in [1.54, 1.807) is 6.07 Å². The first-order valence-corrected chi connectivity index (χ1v) is 6.04. The Bertz CT molecular complexity index is 710. The molecule has 0 aliphatic heterocycles. The Labute approximate surface area is 97.3 Å². The first kappa shape index (κ1) is 11.5. The van der Waals surface area contributed by atoms with Crippen LogP contribution in [0.2, 0.25) is 0 Å². The van der Waals surface area contributed by atoms with E-state index in [1.165, 1.54) is 24.3 Å². The standard InChI is InChI=1S/C10H9N3O3S/c11-9-3-4-10(13-12)8-5-6(17(14,15)16)1-2-7(8)9/h1-5,12H,11H2,(H,14,15,16). The zero-order valence-corrected chi connectivity index (χ0v) is 9.40. The van der Waals surface area contributed by atoms with Gasteiger partial charge in [-0.15, -0.1) is 0 Å². The van der Waals surface area contributed by atoms with Gasteiger partial charge in [0.25, 0.3) is 10.1 Å². The van der Waals surface area contributed by atoms with E-state index in [-0.39, 0.29) is 4.90 Å². The van der Waals surface area contributed by atoms with E-state index >= 15 is 0 Å². The Morgan fingerprint density at radius 1 is 1.18 bits per heavy atom. The van der Waals surface area contributed by atoms with Crippen LogP contribution in [-0.2, 0) is 10.1 Å². The Balaban J connectivity index is 2.89. The summed E-state index contributed by atoms with van der Waals surface area (Å²) in [6.07, 6.45) is 0. The molecule has 0 aromatic heterocycles. The maximum absolute atomic E-state index is 11.0. The second-order valence-electron chi connectivity index (χ2n) is 3.47. The number of hydrogen-bond acceptors (Lipinski definition) is 5. The van der Waals surface area contributed by atoms with Gasteiger partial charge in [-0.1, -0.05) is 6.07 Å². The molecule has 0 amide bonds. The Hall–Kier alpha value is -1.99. The van der Waals surface area contributed by atoms with Crippen molar-refractivity contribution in [2.45, 2.75) is 4.90 Å². The molecule has 0 aliphatic carbocycles. The van der Waals surface area contributed by atoms with Crippen LogP contribution in [0.4, 0.5) is 11.4 Å². The fourth-order valence-electron chi connectivity index (χ4n) is 1.59. The molecule has 0 unspecified atom stereocenters. The van der Waals surface area contributed by atoms with E-state index in [9.17, 15) is 8.42 Å². The highest BCUT2D eigenvalue weighted by molar-refractivity contribution is 7.85. The molecule has 4 N–H and O–H groups in total. The summed E-state index contributed by atoms with van der Waals surface area (Å²) in [5.41, 5.74) is 13.5. The number of nitrogens with one attached hydrogen (secondary N) is 1. The second kappa shape index (κ2) is 3.79. The van der Waals surface area contributed by atoms with Crippen molar-refractivity contribution >= 4 is 32.3 Å². The van der Waals surface area contributed by atoms with Gasteiger partial charge in [0.2, 0.25) is 0 Å². The number of rotatable bonds is 2. The van der Waals surface area contributed by atoms with Gasteiger partial charge in [-0.05, 0) is 24.3 Å². The van der Waals surface area contributed by atoms with Gasteiger partial charge in [0.1, 0.15) is 0 Å². The van der Waals surface area contributed by atoms with Crippen LogP contribution in [-0.4, -0.2) is 13.0 Å². The Morgan fingerprint density at radius 2 is 1.88 bits per heavy atom. The molecule has 17 heavy (non-hydrogen) atoms. The molecule has 88 valence electrons. The third-order valence-electron chi connectivity index (χ3n) is 2.42. The van der Waals surface area contributed by atoms with E-state index in [4.69, 9.17) is 15.8 Å². The summed E-state index contributed by atoms with van der Waals surface area (Å²) in [5, 5.41) is 4.28. The fraction of sp³-hybridized carbons (Fsp3) is 0. The van der Waals surface area contributed by atoms with Crippen molar-refractivity contribution in [2.75, 3.05) is 5.73 Å². The smallest absolute Gasteiger partial charge is 0.294 e. The van der Waals surface area contributed by atoms with E-state index in [1.807, 2.05) is 0 Å². The van der Waals surface area contributed by atoms with Crippen LogP contribution < -0.4 is 5.73 Å². The van der Waals surface area contributed by atoms with Gasteiger partial charge in [-0.25, -0.2) is 5.53 Å². The van der Waals surface area contributed by atoms with Crippen LogP contribution in [0, 0.1) is 5.53 Å². The summed E-state index contributed by atoms with van der Waals surface area (Å²) >= 11 is 0. The highest BCUT2D eigenvalue weighted by atomic mass is 32.2. The third kappa shape index (κ3) is 1.97. The second-order valence-corrected chi connectivity index (χ2v) is 4.89. The van der Waals surface area contributed by atoms with Crippen molar-refractivity contribution in [3.05, 3.63) is 30.3 Å². The first-order valence-electron chi connectivity index (χ1n) is 4.60. The molecule has 0 bridgehead atoms. The number of anilines is 1. The molecule has 0 spiro atoms. The minimum Gasteiger partial charge on any atom is -0.398 e. The van der Waals surface area contributed by atoms with Crippen molar-refractivity contribution in [3.63, 3.8) is 0 Å². The molecule has 2 aromatic rings. The SMILES string of the molecule is N=Nc1ccc(N)c2ccc(S(=O)(=O)O)cc12. The van der Waals surface area contributed by atoms with Crippen molar-refractivity contribution in [3.8, 4) is 0 Å². The molecule has 2 rings (SSSR count). The van der Waals surface area contributed by atoms with E-state index in [2.05, 4.69) is 5.11 Å². The van der Waals surface area contributed by atoms with Gasteiger partial charge in [0, 0.05) is 16.5 Å². The monoisotopic (exact) mass is 251 g/mol. The Morgan fingerprint density at radius 3 is 2.47 bits per heavy atom. The average Bonchev–Trinajstić information content (AvgIpc) is 2.28. The van der Waals surface area contributed by atoms with Gasteiger partial charge >= 0.3 is 0 Å². The summed E-state index contributed by atoms with van der Waals surface area (Å²) in [5.74, 6) is 0. The van der Waals surface area contributed by atoms with Crippen molar-refractivity contribution in [1.29, 1.82) is 5.53 Å². The van der Waals surface area contributed by atoms with Crippen LogP contribution in [0.15, 0.2) is 40.3 Å². The molecule has 0 saturated carbocycles. The molecular weight excluding hydrogens is 242 g/mol. The summed E-state index contributed by atoms with van der Waals surface area (Å²) in [4.78, 5) is -0.250. The van der Waals surface area contributed by atoms with Crippen LogP contribution in [0.3, 0.4) is 0 Å². The molecule has 0 heterocycles. The van der Waals surface area contributed by atoms with E-state index in [0.717, 1.165) is 0 Å². The minimum atomic E-state index is -4.28. The van der Waals surface area contributed by atoms with Crippen LogP contribution in [0.5, 0.6) is 0 Å². The molecule has 0 radical (unpaired) electrons. The normalized spacial score (nSPS) is 11.6. The number of benzene rings is 2. The zero-order valence-electron chi connectivity index (χ0n) is 8.58. The summed E-state index contributed by atoms with van der Waals surface area (Å²) in [7, 11) is -4.28. The Kier molecular flexibility index (Phi) is 2.56. The summed E-state index contributed by atoms with van der Waals surface area (Å²) in [6.45, 7) is 0. The quantitative estimate of drug-likeness (QED) is 0.431. The van der Waals surface area contributed by atoms with Crippen LogP contribution >= 0.6 is 0 Å². The summed E-state index contributed by atoms with van der Waals surface area (Å²) < 4.78 is 31.0. The summed E-state index contributed by atoms with van der Waals surface area (Å²) in [6, 6.07) is 7.07. The van der Waals surface area contributed by atoms with Gasteiger partial charge in [-0.2, -0.15) is 13.5 Å². The molecular formula is C10H9N3O3S. The third-order valence-corrected chi connectivity index (χ3v) is 3.27. The molecule has 0 atom stereocenters. The highest BCUT2D eigenvalue weighted by Gasteiger charge is 2.12. The van der Waals surface area contributed by atoms with Crippen LogP contribution in [0.25, 0.3) is 10.8 Å². The molecule has 2 aromatic carbocycles. The van der Waals surface area contributed by atoms with Crippen LogP contribution in [0.1, 0.15) is 0 Å². The lowest BCUT2D eigenvalue weighted by Crippen LogP contribution is -1.98. The number of fused-ring (bicyclic) bond motifs is 1. The molecule has 0 aliphatic rings. The van der Waals surface area contributed by atoms with Gasteiger partial charge in [0.15, 0.2) is 0 Å². The van der Waals surface area contributed by atoms with Gasteiger partial charge in [-0.3, -0.25) is 4.55 Å². The zero-order chi connectivity index (χ0) is 12.6. The van der Waals surface area contributed by atoms with Gasteiger partial charge in [0.05, 0.1) is 10.6 Å². The maximum Gasteiger partial charge on any atom is 0.294 e. The van der Waals surface area contributed by atoms with E-state index < -0.39 is 10.1 Å². The number of nitrogens with two attached hydrogens (primary N) is 1. The predicted molar refractivity (Wildman–Crippen MR) is 63.0 cm³/mol. The molecule has 6 nitrogen and oxygen atoms in total. The predicted octanol–water partition coefficient (Wildman–Crippen LogP) is 2.33. The van der Waals surface area contributed by atoms with Crippen molar-refractivity contribution in [2.24, 2.45) is 5.11 Å². The van der Waals surface area contributed by atoms with Gasteiger partial charge < -0.3 is 5.73 Å². The topological polar surface area (TPSA) is 117 Å². The molecule has 7 heteroatoms. The fourth-order valence-corrected chi connectivity index (χ4v) is 2.10. The molecule has 0 saturated heterocycles. The minimum absolute atomic E-state index is 0.250. The first-order chi connectivity index (χ1) is 7.93. The van der Waals surface area contributed by atoms with Crippen molar-refractivity contribution < 1.29 is 13.0 Å². The number of nitrogen functional groups attached to an aromatic ring is 1.